The molecule has 0 aromatic heterocycles. The Hall–Kier alpha value is -3.14. The van der Waals surface area contributed by atoms with Gasteiger partial charge in [-0.25, -0.2) is 12.8 Å². The number of fused-ring (bicyclic) bond motifs is 1. The van der Waals surface area contributed by atoms with Crippen molar-refractivity contribution in [1.29, 1.82) is 0 Å². The quantitative estimate of drug-likeness (QED) is 0.713. The van der Waals surface area contributed by atoms with Gasteiger partial charge in [-0.15, -0.1) is 0 Å². The van der Waals surface area contributed by atoms with Crippen LogP contribution in [0.1, 0.15) is 18.9 Å². The number of anilines is 2. The lowest BCUT2D eigenvalue weighted by Crippen LogP contribution is -2.49. The average molecular weight is 476 g/mol. The van der Waals surface area contributed by atoms with Crippen molar-refractivity contribution in [3.05, 3.63) is 47.8 Å². The van der Waals surface area contributed by atoms with E-state index in [1.54, 1.807) is 36.1 Å². The number of hydrogen-bond donors (Lipinski definition) is 1. The van der Waals surface area contributed by atoms with Crippen molar-refractivity contribution in [3.63, 3.8) is 0 Å². The first-order chi connectivity index (χ1) is 15.7. The monoisotopic (exact) mass is 475 g/mol. The van der Waals surface area contributed by atoms with Gasteiger partial charge in [-0.2, -0.15) is 0 Å². The molecule has 1 fully saturated rings. The van der Waals surface area contributed by atoms with Gasteiger partial charge in [0, 0.05) is 38.7 Å². The molecule has 0 bridgehead atoms. The van der Waals surface area contributed by atoms with Gasteiger partial charge in [0.15, 0.2) is 16.4 Å². The van der Waals surface area contributed by atoms with E-state index in [4.69, 9.17) is 4.74 Å². The summed E-state index contributed by atoms with van der Waals surface area (Å²) in [5, 5.41) is 1.72. The molecule has 2 aromatic rings. The topological polar surface area (TPSA) is 96.0 Å². The third-order valence-corrected chi connectivity index (χ3v) is 8.31. The molecule has 2 heterocycles. The zero-order valence-corrected chi connectivity index (χ0v) is 19.3. The average Bonchev–Trinajstić information content (AvgIpc) is 2.78. The number of piperazine rings is 1. The Bertz CT molecular complexity index is 1190. The number of carbonyl (C=O) groups excluding carboxylic acids is 2. The highest BCUT2D eigenvalue weighted by Crippen LogP contribution is 2.34. The molecule has 2 aliphatic heterocycles. The summed E-state index contributed by atoms with van der Waals surface area (Å²) in [4.78, 5) is 27.9. The molecule has 0 spiro atoms. The first kappa shape index (κ1) is 23.0. The molecule has 176 valence electrons. The smallest absolute Gasteiger partial charge is 0.262 e. The normalized spacial score (nSPS) is 17.1. The Labute approximate surface area is 192 Å². The fourth-order valence-electron chi connectivity index (χ4n) is 4.13. The van der Waals surface area contributed by atoms with Gasteiger partial charge in [-0.05, 0) is 37.6 Å². The van der Waals surface area contributed by atoms with Crippen LogP contribution in [0.3, 0.4) is 0 Å². The first-order valence-electron chi connectivity index (χ1n) is 10.8. The Morgan fingerprint density at radius 1 is 1.18 bits per heavy atom. The van der Waals surface area contributed by atoms with Gasteiger partial charge in [0.25, 0.3) is 5.91 Å². The van der Waals surface area contributed by atoms with Crippen LogP contribution in [-0.2, 0) is 19.4 Å². The van der Waals surface area contributed by atoms with E-state index in [2.05, 4.69) is 5.32 Å². The van der Waals surface area contributed by atoms with Crippen LogP contribution in [0, 0.1) is 12.7 Å². The summed E-state index contributed by atoms with van der Waals surface area (Å²) in [6.45, 7) is 4.72. The van der Waals surface area contributed by atoms with E-state index >= 15 is 0 Å². The van der Waals surface area contributed by atoms with Gasteiger partial charge < -0.3 is 19.9 Å². The molecule has 1 N–H and O–H groups in total. The fraction of sp³-hybridized carbons (Fsp3) is 0.391. The van der Waals surface area contributed by atoms with E-state index in [0.717, 1.165) is 0 Å². The highest BCUT2D eigenvalue weighted by molar-refractivity contribution is 7.92. The van der Waals surface area contributed by atoms with E-state index < -0.39 is 15.1 Å². The largest absolute Gasteiger partial charge is 0.482 e. The molecule has 2 aliphatic rings. The summed E-state index contributed by atoms with van der Waals surface area (Å²) < 4.78 is 45.9. The van der Waals surface area contributed by atoms with Crippen molar-refractivity contribution in [2.75, 3.05) is 43.0 Å². The Morgan fingerprint density at radius 2 is 1.88 bits per heavy atom. The molecule has 0 radical (unpaired) electrons. The number of amides is 2. The van der Waals surface area contributed by atoms with Crippen LogP contribution in [0.25, 0.3) is 0 Å². The number of nitrogens with one attached hydrogen (secondary N) is 1. The highest BCUT2D eigenvalue weighted by Gasteiger charge is 2.32. The van der Waals surface area contributed by atoms with Crippen LogP contribution in [0.4, 0.5) is 15.8 Å². The van der Waals surface area contributed by atoms with Crippen LogP contribution in [0.5, 0.6) is 5.75 Å². The molecule has 8 nitrogen and oxygen atoms in total. The Kier molecular flexibility index (Phi) is 6.29. The molecular weight excluding hydrogens is 449 g/mol. The number of rotatable bonds is 5. The summed E-state index contributed by atoms with van der Waals surface area (Å²) >= 11 is 0. The van der Waals surface area contributed by atoms with E-state index in [1.165, 1.54) is 19.1 Å². The lowest BCUT2D eigenvalue weighted by Gasteiger charge is -2.36. The van der Waals surface area contributed by atoms with Crippen molar-refractivity contribution in [2.45, 2.75) is 30.4 Å². The second-order valence-corrected chi connectivity index (χ2v) is 10.7. The van der Waals surface area contributed by atoms with E-state index in [1.807, 2.05) is 4.90 Å². The zero-order chi connectivity index (χ0) is 23.8. The third-order valence-electron chi connectivity index (χ3n) is 6.03. The number of aryl methyl sites for hydroxylation is 1. The van der Waals surface area contributed by atoms with Gasteiger partial charge in [0.2, 0.25) is 5.91 Å². The van der Waals surface area contributed by atoms with Crippen LogP contribution in [-0.4, -0.2) is 63.2 Å². The molecule has 0 aliphatic carbocycles. The predicted octanol–water partition coefficient (Wildman–Crippen LogP) is 2.37. The molecule has 10 heteroatoms. The van der Waals surface area contributed by atoms with E-state index in [0.29, 0.717) is 48.9 Å². The minimum atomic E-state index is -3.81. The Morgan fingerprint density at radius 3 is 2.58 bits per heavy atom. The van der Waals surface area contributed by atoms with Crippen molar-refractivity contribution in [2.24, 2.45) is 0 Å². The van der Waals surface area contributed by atoms with Gasteiger partial charge in [-0.1, -0.05) is 12.1 Å². The fourth-order valence-corrected chi connectivity index (χ4v) is 5.70. The molecule has 2 aromatic carbocycles. The third kappa shape index (κ3) is 4.66. The van der Waals surface area contributed by atoms with Crippen LogP contribution in [0.15, 0.2) is 41.3 Å². The minimum absolute atomic E-state index is 0.0853. The molecule has 0 saturated carbocycles. The number of benzene rings is 2. The second-order valence-electron chi connectivity index (χ2n) is 8.33. The predicted molar refractivity (Wildman–Crippen MR) is 122 cm³/mol. The second kappa shape index (κ2) is 9.01. The molecule has 4 rings (SSSR count). The van der Waals surface area contributed by atoms with Crippen LogP contribution < -0.4 is 15.0 Å². The minimum Gasteiger partial charge on any atom is -0.482 e. The van der Waals surface area contributed by atoms with Crippen molar-refractivity contribution >= 4 is 33.0 Å². The number of hydrogen-bond acceptors (Lipinski definition) is 6. The number of halogens is 1. The van der Waals surface area contributed by atoms with Crippen LogP contribution in [0.2, 0.25) is 0 Å². The molecule has 1 unspecified atom stereocenters. The van der Waals surface area contributed by atoms with Gasteiger partial charge in [-0.3, -0.25) is 9.59 Å². The lowest BCUT2D eigenvalue weighted by atomic mass is 10.2. The summed E-state index contributed by atoms with van der Waals surface area (Å²) in [7, 11) is -3.81. The van der Waals surface area contributed by atoms with Crippen LogP contribution >= 0.6 is 0 Å². The maximum absolute atomic E-state index is 14.0. The summed E-state index contributed by atoms with van der Waals surface area (Å²) in [5.41, 5.74) is 1.40. The van der Waals surface area contributed by atoms with Gasteiger partial charge in [0.05, 0.1) is 21.5 Å². The van der Waals surface area contributed by atoms with E-state index in [-0.39, 0.29) is 35.6 Å². The highest BCUT2D eigenvalue weighted by atomic mass is 32.2. The summed E-state index contributed by atoms with van der Waals surface area (Å²) in [5.74, 6) is -0.563. The Balaban J connectivity index is 1.42. The van der Waals surface area contributed by atoms with Crippen molar-refractivity contribution < 1.29 is 27.1 Å². The SMILES string of the molecule is Cc1cc2c(cc1S(=O)(=O)C(C)CC(=O)N1CCN(c3ccccc3F)CC1)OCC(=O)N2. The molecule has 2 amide bonds. The van der Waals surface area contributed by atoms with E-state index in [9.17, 15) is 22.4 Å². The molecule has 1 atom stereocenters. The molecule has 1 saturated heterocycles. The molecule has 33 heavy (non-hydrogen) atoms. The van der Waals surface area contributed by atoms with Crippen molar-refractivity contribution in [3.8, 4) is 5.75 Å². The first-order valence-corrected chi connectivity index (χ1v) is 12.3. The zero-order valence-electron chi connectivity index (χ0n) is 18.5. The van der Waals surface area contributed by atoms with Gasteiger partial charge in [0.1, 0.15) is 11.6 Å². The maximum atomic E-state index is 14.0. The maximum Gasteiger partial charge on any atom is 0.262 e. The standard InChI is InChI=1S/C23H26FN3O5S/c1-15-11-18-20(32-14-22(28)25-18)13-21(15)33(30,31)16(2)12-23(29)27-9-7-26(8-10-27)19-6-4-3-5-17(19)24/h3-6,11,13,16H,7-10,12,14H2,1-2H3,(H,25,28). The lowest BCUT2D eigenvalue weighted by molar-refractivity contribution is -0.131. The number of carbonyl (C=O) groups is 2. The van der Waals surface area contributed by atoms with Crippen molar-refractivity contribution in [1.82, 2.24) is 4.90 Å². The number of sulfone groups is 1. The summed E-state index contributed by atoms with van der Waals surface area (Å²) in [6, 6.07) is 9.49. The number of ether oxygens (including phenoxy) is 1. The summed E-state index contributed by atoms with van der Waals surface area (Å²) in [6.07, 6.45) is -0.157. The molecular formula is C23H26FN3O5S. The van der Waals surface area contributed by atoms with Gasteiger partial charge >= 0.3 is 0 Å². The number of nitrogens with zero attached hydrogens (tertiary/aromatic N) is 2. The number of para-hydroxylation sites is 1.